The Kier molecular flexibility index (Phi) is 31.8. The maximum absolute atomic E-state index is 12.5. The molecule has 0 bridgehead atoms. The Bertz CT molecular complexity index is 756. The monoisotopic (exact) mass is 679 g/mol. The average Bonchev–Trinajstić information content (AvgIpc) is 3.03. The summed E-state index contributed by atoms with van der Waals surface area (Å²) < 4.78 is 33.1. The molecule has 3 atom stereocenters. The lowest BCUT2D eigenvalue weighted by Crippen LogP contribution is -2.34. The first-order valence-electron chi connectivity index (χ1n) is 18.6. The fourth-order valence-corrected chi connectivity index (χ4v) is 5.97. The summed E-state index contributed by atoms with van der Waals surface area (Å²) in [6, 6.07) is -1.47. The number of unbranched alkanes of at least 4 members (excludes halogenated alkanes) is 22. The Morgan fingerprint density at radius 2 is 1.00 bits per heavy atom. The van der Waals surface area contributed by atoms with E-state index in [-0.39, 0.29) is 13.0 Å². The van der Waals surface area contributed by atoms with Gasteiger partial charge in [0, 0.05) is 13.0 Å². The Balaban J connectivity index is 4.19. The lowest BCUT2D eigenvalue weighted by atomic mass is 10.0. The fraction of sp³-hybridized carbons (Fsp3) is 0.943. The van der Waals surface area contributed by atoms with Gasteiger partial charge < -0.3 is 25.2 Å². The Morgan fingerprint density at radius 1 is 0.609 bits per heavy atom. The van der Waals surface area contributed by atoms with Crippen LogP contribution < -0.4 is 5.73 Å². The summed E-state index contributed by atoms with van der Waals surface area (Å²) >= 11 is 0. The number of nitrogens with two attached hydrogens (primary N) is 1. The van der Waals surface area contributed by atoms with E-state index in [1.165, 1.54) is 109 Å². The highest BCUT2D eigenvalue weighted by atomic mass is 31.2. The Morgan fingerprint density at radius 3 is 1.43 bits per heavy atom. The summed E-state index contributed by atoms with van der Waals surface area (Å²) in [5.74, 6) is -1.78. The number of hydrogen-bond acceptors (Lipinski definition) is 8. The Labute approximate surface area is 280 Å². The second kappa shape index (κ2) is 32.5. The van der Waals surface area contributed by atoms with Crippen molar-refractivity contribution in [1.82, 2.24) is 0 Å². The molecule has 0 aromatic carbocycles. The molecule has 3 unspecified atom stereocenters. The predicted molar refractivity (Wildman–Crippen MR) is 185 cm³/mol. The minimum Gasteiger partial charge on any atom is -0.480 e. The van der Waals surface area contributed by atoms with Gasteiger partial charge in [0.25, 0.3) is 0 Å². The van der Waals surface area contributed by atoms with E-state index in [9.17, 15) is 19.0 Å². The number of hydrogen-bond donors (Lipinski definition) is 3. The smallest absolute Gasteiger partial charge is 0.472 e. The van der Waals surface area contributed by atoms with Crippen molar-refractivity contribution in [2.45, 2.75) is 187 Å². The van der Waals surface area contributed by atoms with Crippen molar-refractivity contribution in [3.63, 3.8) is 0 Å². The van der Waals surface area contributed by atoms with Crippen LogP contribution in [0, 0.1) is 0 Å². The minimum atomic E-state index is -4.59. The molecule has 0 aliphatic heterocycles. The molecule has 0 aliphatic rings. The lowest BCUT2D eigenvalue weighted by molar-refractivity contribution is -0.154. The molecule has 0 amide bonds. The first kappa shape index (κ1) is 45.0. The van der Waals surface area contributed by atoms with Crippen LogP contribution in [-0.4, -0.2) is 60.5 Å². The van der Waals surface area contributed by atoms with Gasteiger partial charge in [-0.15, -0.1) is 0 Å². The number of carboxylic acids is 1. The number of phosphoric ester groups is 1. The molecule has 4 N–H and O–H groups in total. The maximum atomic E-state index is 12.5. The lowest BCUT2D eigenvalue weighted by Gasteiger charge is -2.20. The number of carbonyl (C=O) groups excluding carboxylic acids is 1. The molecule has 10 nitrogen and oxygen atoms in total. The van der Waals surface area contributed by atoms with E-state index in [0.717, 1.165) is 44.9 Å². The van der Waals surface area contributed by atoms with Crippen molar-refractivity contribution in [3.05, 3.63) is 0 Å². The van der Waals surface area contributed by atoms with Gasteiger partial charge in [0.05, 0.1) is 19.8 Å². The molecule has 0 aromatic rings. The predicted octanol–water partition coefficient (Wildman–Crippen LogP) is 9.25. The molecule has 0 spiro atoms. The summed E-state index contributed by atoms with van der Waals surface area (Å²) in [5.41, 5.74) is 5.32. The summed E-state index contributed by atoms with van der Waals surface area (Å²) in [6.07, 6.45) is 28.8. The number of rotatable bonds is 36. The molecule has 0 radical (unpaired) electrons. The zero-order chi connectivity index (χ0) is 34.1. The summed E-state index contributed by atoms with van der Waals surface area (Å²) in [5, 5.41) is 8.84. The highest BCUT2D eigenvalue weighted by Crippen LogP contribution is 2.43. The van der Waals surface area contributed by atoms with Gasteiger partial charge in [0.2, 0.25) is 0 Å². The van der Waals surface area contributed by atoms with Crippen LogP contribution in [0.25, 0.3) is 0 Å². The maximum Gasteiger partial charge on any atom is 0.472 e. The highest BCUT2D eigenvalue weighted by molar-refractivity contribution is 7.47. The topological polar surface area (TPSA) is 155 Å². The van der Waals surface area contributed by atoms with Gasteiger partial charge >= 0.3 is 19.8 Å². The van der Waals surface area contributed by atoms with E-state index in [1.807, 2.05) is 0 Å². The van der Waals surface area contributed by atoms with E-state index >= 15 is 0 Å². The molecule has 0 saturated heterocycles. The number of ether oxygens (including phenoxy) is 2. The third-order valence-electron chi connectivity index (χ3n) is 8.14. The van der Waals surface area contributed by atoms with Crippen LogP contribution in [0.5, 0.6) is 0 Å². The molecule has 0 aromatic heterocycles. The van der Waals surface area contributed by atoms with Gasteiger partial charge in [0.15, 0.2) is 0 Å². The second-order valence-corrected chi connectivity index (χ2v) is 14.2. The van der Waals surface area contributed by atoms with Gasteiger partial charge in [-0.2, -0.15) is 0 Å². The normalized spacial score (nSPS) is 14.2. The third-order valence-corrected chi connectivity index (χ3v) is 9.09. The first-order chi connectivity index (χ1) is 22.2. The molecule has 274 valence electrons. The molecular formula is C35H70NO9P. The second-order valence-electron chi connectivity index (χ2n) is 12.7. The van der Waals surface area contributed by atoms with Crippen molar-refractivity contribution in [1.29, 1.82) is 0 Å². The molecule has 0 aliphatic carbocycles. The van der Waals surface area contributed by atoms with Crippen LogP contribution in [0.1, 0.15) is 174 Å². The van der Waals surface area contributed by atoms with Crippen LogP contribution in [0.3, 0.4) is 0 Å². The SMILES string of the molecule is CCCCCCCCCCCCCCCCCCOCC(COP(=O)(O)OCC(N)C(=O)O)OC(=O)CCCCCCCCCC. The average molecular weight is 680 g/mol. The van der Waals surface area contributed by atoms with Crippen molar-refractivity contribution in [2.24, 2.45) is 5.73 Å². The molecule has 46 heavy (non-hydrogen) atoms. The fourth-order valence-electron chi connectivity index (χ4n) is 5.19. The molecular weight excluding hydrogens is 609 g/mol. The van der Waals surface area contributed by atoms with Crippen LogP contribution in [-0.2, 0) is 32.7 Å². The van der Waals surface area contributed by atoms with Crippen molar-refractivity contribution in [2.75, 3.05) is 26.4 Å². The van der Waals surface area contributed by atoms with Crippen LogP contribution in [0.4, 0.5) is 0 Å². The molecule has 11 heteroatoms. The van der Waals surface area contributed by atoms with Gasteiger partial charge in [-0.3, -0.25) is 18.6 Å². The zero-order valence-electron chi connectivity index (χ0n) is 29.4. The van der Waals surface area contributed by atoms with E-state index in [0.29, 0.717) is 6.61 Å². The molecule has 0 rings (SSSR count). The number of carboxylic acid groups (broad SMARTS) is 1. The molecule has 0 fully saturated rings. The van der Waals surface area contributed by atoms with E-state index in [4.69, 9.17) is 24.8 Å². The van der Waals surface area contributed by atoms with E-state index in [2.05, 4.69) is 18.4 Å². The van der Waals surface area contributed by atoms with Crippen molar-refractivity contribution < 1.29 is 42.7 Å². The largest absolute Gasteiger partial charge is 0.480 e. The number of aliphatic carboxylic acids is 1. The Hall–Kier alpha value is -1.03. The highest BCUT2D eigenvalue weighted by Gasteiger charge is 2.27. The van der Waals surface area contributed by atoms with Crippen molar-refractivity contribution in [3.8, 4) is 0 Å². The standard InChI is InChI=1S/C35H70NO9P/c1-3-5-7-9-11-13-14-15-16-17-18-19-20-22-24-26-28-42-29-32(30-43-46(40,41)44-31-33(36)35(38)39)45-34(37)27-25-23-21-12-10-8-6-4-2/h32-33H,3-31,36H2,1-2H3,(H,38,39)(H,40,41). The van der Waals surface area contributed by atoms with Crippen molar-refractivity contribution >= 4 is 19.8 Å². The third kappa shape index (κ3) is 31.6. The van der Waals surface area contributed by atoms with Crippen LogP contribution in [0.15, 0.2) is 0 Å². The van der Waals surface area contributed by atoms with Crippen LogP contribution in [0.2, 0.25) is 0 Å². The van der Waals surface area contributed by atoms with Gasteiger partial charge in [0.1, 0.15) is 12.1 Å². The van der Waals surface area contributed by atoms with Gasteiger partial charge in [-0.25, -0.2) is 4.57 Å². The van der Waals surface area contributed by atoms with Crippen LogP contribution >= 0.6 is 7.82 Å². The zero-order valence-corrected chi connectivity index (χ0v) is 30.3. The first-order valence-corrected chi connectivity index (χ1v) is 20.1. The quantitative estimate of drug-likeness (QED) is 0.0331. The molecule has 0 heterocycles. The summed E-state index contributed by atoms with van der Waals surface area (Å²) in [4.78, 5) is 33.2. The van der Waals surface area contributed by atoms with Gasteiger partial charge in [-0.05, 0) is 12.8 Å². The van der Waals surface area contributed by atoms with E-state index < -0.39 is 45.1 Å². The summed E-state index contributed by atoms with van der Waals surface area (Å²) in [7, 11) is -4.59. The number of esters is 1. The number of carbonyl (C=O) groups is 2. The van der Waals surface area contributed by atoms with Gasteiger partial charge in [-0.1, -0.05) is 155 Å². The number of phosphoric acid groups is 1. The van der Waals surface area contributed by atoms with E-state index in [1.54, 1.807) is 0 Å². The summed E-state index contributed by atoms with van der Waals surface area (Å²) in [6.45, 7) is 3.86. The molecule has 0 saturated carbocycles. The minimum absolute atomic E-state index is 0.0244.